The lowest BCUT2D eigenvalue weighted by Gasteiger charge is -1.99. The summed E-state index contributed by atoms with van der Waals surface area (Å²) in [5.74, 6) is 1.39. The van der Waals surface area contributed by atoms with Gasteiger partial charge in [-0.05, 0) is 19.5 Å². The van der Waals surface area contributed by atoms with Gasteiger partial charge in [-0.25, -0.2) is 8.78 Å². The summed E-state index contributed by atoms with van der Waals surface area (Å²) in [6, 6.07) is 1.84. The molecule has 0 saturated heterocycles. The van der Waals surface area contributed by atoms with Crippen LogP contribution in [0.25, 0.3) is 0 Å². The number of rotatable bonds is 7. The Morgan fingerprint density at radius 2 is 2.25 bits per heavy atom. The third-order valence-corrected chi connectivity index (χ3v) is 2.13. The highest BCUT2D eigenvalue weighted by atomic mass is 19.3. The van der Waals surface area contributed by atoms with E-state index in [1.54, 1.807) is 0 Å². The van der Waals surface area contributed by atoms with Gasteiger partial charge in [-0.1, -0.05) is 6.92 Å². The smallest absolute Gasteiger partial charge is 0.261 e. The van der Waals surface area contributed by atoms with Crippen LogP contribution in [0.1, 0.15) is 24.0 Å². The summed E-state index contributed by atoms with van der Waals surface area (Å²) in [6.07, 6.45) is -2.43. The van der Waals surface area contributed by atoms with Gasteiger partial charge in [-0.2, -0.15) is 0 Å². The molecule has 1 rings (SSSR count). The van der Waals surface area contributed by atoms with Gasteiger partial charge in [0.05, 0.1) is 0 Å². The highest BCUT2D eigenvalue weighted by Crippen LogP contribution is 2.15. The quantitative estimate of drug-likeness (QED) is 0.785. The van der Waals surface area contributed by atoms with Crippen LogP contribution >= 0.6 is 0 Å². The minimum absolute atomic E-state index is 0.0945. The number of furan rings is 1. The predicted molar refractivity (Wildman–Crippen MR) is 56.5 cm³/mol. The van der Waals surface area contributed by atoms with Crippen molar-refractivity contribution in [1.82, 2.24) is 5.32 Å². The third-order valence-electron chi connectivity index (χ3n) is 2.13. The molecular formula is C11H17F2NO2. The third kappa shape index (κ3) is 4.28. The van der Waals surface area contributed by atoms with Gasteiger partial charge in [0.25, 0.3) is 6.43 Å². The average molecular weight is 233 g/mol. The Morgan fingerprint density at radius 3 is 2.88 bits per heavy atom. The van der Waals surface area contributed by atoms with Crippen LogP contribution in [-0.2, 0) is 17.9 Å². The molecule has 0 aliphatic heterocycles. The average Bonchev–Trinajstić information content (AvgIpc) is 2.56. The van der Waals surface area contributed by atoms with Crippen molar-refractivity contribution in [2.24, 2.45) is 0 Å². The molecule has 0 radical (unpaired) electrons. The number of ether oxygens (including phenoxy) is 1. The molecule has 0 aliphatic carbocycles. The van der Waals surface area contributed by atoms with Crippen LogP contribution in [0, 0.1) is 6.92 Å². The minimum Gasteiger partial charge on any atom is -0.464 e. The first-order chi connectivity index (χ1) is 7.63. The van der Waals surface area contributed by atoms with Gasteiger partial charge in [0, 0.05) is 12.1 Å². The fourth-order valence-electron chi connectivity index (χ4n) is 1.34. The Kier molecular flexibility index (Phi) is 5.42. The molecule has 1 heterocycles. The molecule has 3 nitrogen and oxygen atoms in total. The van der Waals surface area contributed by atoms with Crippen LogP contribution in [-0.4, -0.2) is 19.6 Å². The van der Waals surface area contributed by atoms with E-state index in [0.717, 1.165) is 24.4 Å². The van der Waals surface area contributed by atoms with Crippen LogP contribution in [0.3, 0.4) is 0 Å². The van der Waals surface area contributed by atoms with Crippen LogP contribution in [0.5, 0.6) is 0 Å². The second-order valence-corrected chi connectivity index (χ2v) is 3.48. The van der Waals surface area contributed by atoms with Crippen molar-refractivity contribution >= 4 is 0 Å². The van der Waals surface area contributed by atoms with Crippen LogP contribution in [0.15, 0.2) is 10.5 Å². The number of hydrogen-bond acceptors (Lipinski definition) is 3. The van der Waals surface area contributed by atoms with E-state index in [2.05, 4.69) is 5.32 Å². The first-order valence-corrected chi connectivity index (χ1v) is 5.28. The molecule has 5 heteroatoms. The first kappa shape index (κ1) is 13.1. The van der Waals surface area contributed by atoms with Gasteiger partial charge >= 0.3 is 0 Å². The molecule has 16 heavy (non-hydrogen) atoms. The summed E-state index contributed by atoms with van der Waals surface area (Å²) in [4.78, 5) is 0. The van der Waals surface area contributed by atoms with Crippen LogP contribution in [0.4, 0.5) is 8.78 Å². The standard InChI is InChI=1S/C11H17F2NO2/c1-3-14-5-9-4-10(16-8(9)2)6-15-7-11(12)13/h4,11,14H,3,5-7H2,1-2H3. The molecule has 0 aliphatic rings. The Labute approximate surface area is 93.8 Å². The first-order valence-electron chi connectivity index (χ1n) is 5.28. The van der Waals surface area contributed by atoms with Gasteiger partial charge in [0.1, 0.15) is 24.7 Å². The van der Waals surface area contributed by atoms with E-state index in [4.69, 9.17) is 9.15 Å². The molecule has 1 N–H and O–H groups in total. The summed E-state index contributed by atoms with van der Waals surface area (Å²) < 4.78 is 33.8. The molecule has 0 bridgehead atoms. The maximum Gasteiger partial charge on any atom is 0.261 e. The second kappa shape index (κ2) is 6.60. The Hall–Kier alpha value is -0.940. The largest absolute Gasteiger partial charge is 0.464 e. The molecule has 92 valence electrons. The van der Waals surface area contributed by atoms with Gasteiger partial charge in [-0.15, -0.1) is 0 Å². The zero-order valence-electron chi connectivity index (χ0n) is 9.56. The van der Waals surface area contributed by atoms with E-state index in [1.165, 1.54) is 0 Å². The summed E-state index contributed by atoms with van der Waals surface area (Å²) >= 11 is 0. The topological polar surface area (TPSA) is 34.4 Å². The van der Waals surface area contributed by atoms with E-state index in [9.17, 15) is 8.78 Å². The lowest BCUT2D eigenvalue weighted by atomic mass is 10.2. The van der Waals surface area contributed by atoms with Crippen molar-refractivity contribution in [2.75, 3.05) is 13.2 Å². The molecule has 0 fully saturated rings. The van der Waals surface area contributed by atoms with E-state index in [1.807, 2.05) is 19.9 Å². The van der Waals surface area contributed by atoms with Crippen molar-refractivity contribution < 1.29 is 17.9 Å². The van der Waals surface area contributed by atoms with E-state index >= 15 is 0 Å². The van der Waals surface area contributed by atoms with Crippen molar-refractivity contribution in [3.05, 3.63) is 23.2 Å². The minimum atomic E-state index is -2.43. The number of aryl methyl sites for hydroxylation is 1. The lowest BCUT2D eigenvalue weighted by Crippen LogP contribution is -2.11. The van der Waals surface area contributed by atoms with Gasteiger partial charge in [0.15, 0.2) is 0 Å². The van der Waals surface area contributed by atoms with Crippen LogP contribution in [0.2, 0.25) is 0 Å². The predicted octanol–water partition coefficient (Wildman–Crippen LogP) is 2.48. The van der Waals surface area contributed by atoms with Gasteiger partial charge in [-0.3, -0.25) is 0 Å². The maximum absolute atomic E-state index is 11.8. The molecule has 0 saturated carbocycles. The molecule has 0 atom stereocenters. The summed E-state index contributed by atoms with van der Waals surface area (Å²) in [6.45, 7) is 5.01. The SMILES string of the molecule is CCNCc1cc(COCC(F)F)oc1C. The van der Waals surface area contributed by atoms with Crippen LogP contribution < -0.4 is 5.32 Å². The number of halogens is 2. The Morgan fingerprint density at radius 1 is 1.50 bits per heavy atom. The maximum atomic E-state index is 11.8. The van der Waals surface area contributed by atoms with E-state index < -0.39 is 13.0 Å². The lowest BCUT2D eigenvalue weighted by molar-refractivity contribution is 0.00437. The number of alkyl halides is 2. The fraction of sp³-hybridized carbons (Fsp3) is 0.636. The highest BCUT2D eigenvalue weighted by molar-refractivity contribution is 5.20. The molecule has 1 aromatic rings. The van der Waals surface area contributed by atoms with Gasteiger partial charge < -0.3 is 14.5 Å². The number of nitrogens with one attached hydrogen (secondary N) is 1. The second-order valence-electron chi connectivity index (χ2n) is 3.48. The van der Waals surface area contributed by atoms with E-state index in [0.29, 0.717) is 5.76 Å². The molecule has 0 aromatic carbocycles. The van der Waals surface area contributed by atoms with Crippen molar-refractivity contribution in [1.29, 1.82) is 0 Å². The molecule has 0 spiro atoms. The van der Waals surface area contributed by atoms with Crippen molar-refractivity contribution in [2.45, 2.75) is 33.4 Å². The van der Waals surface area contributed by atoms with Crippen molar-refractivity contribution in [3.8, 4) is 0 Å². The Balaban J connectivity index is 2.42. The number of hydrogen-bond donors (Lipinski definition) is 1. The molecule has 0 amide bonds. The zero-order valence-corrected chi connectivity index (χ0v) is 9.56. The summed E-state index contributed by atoms with van der Waals surface area (Å²) in [7, 11) is 0. The summed E-state index contributed by atoms with van der Waals surface area (Å²) in [5, 5.41) is 3.17. The molecule has 0 unspecified atom stereocenters. The normalized spacial score (nSPS) is 11.3. The monoisotopic (exact) mass is 233 g/mol. The highest BCUT2D eigenvalue weighted by Gasteiger charge is 2.08. The zero-order chi connectivity index (χ0) is 12.0. The fourth-order valence-corrected chi connectivity index (χ4v) is 1.34. The Bertz CT molecular complexity index is 313. The van der Waals surface area contributed by atoms with E-state index in [-0.39, 0.29) is 6.61 Å². The molecular weight excluding hydrogens is 216 g/mol. The molecule has 1 aromatic heterocycles. The van der Waals surface area contributed by atoms with Crippen molar-refractivity contribution in [3.63, 3.8) is 0 Å². The van der Waals surface area contributed by atoms with Gasteiger partial charge in [0.2, 0.25) is 0 Å². The summed E-state index contributed by atoms with van der Waals surface area (Å²) in [5.41, 5.74) is 1.04.